The molecule has 135 valence electrons. The van der Waals surface area contributed by atoms with Crippen LogP contribution in [0, 0.1) is 5.92 Å². The third-order valence-corrected chi connectivity index (χ3v) is 4.82. The van der Waals surface area contributed by atoms with Crippen molar-refractivity contribution in [2.24, 2.45) is 5.92 Å². The van der Waals surface area contributed by atoms with E-state index in [1.807, 2.05) is 0 Å². The summed E-state index contributed by atoms with van der Waals surface area (Å²) in [5.74, 6) is -0.152. The first kappa shape index (κ1) is 19.4. The molecule has 4 heteroatoms. The van der Waals surface area contributed by atoms with E-state index in [1.54, 1.807) is 12.4 Å². The van der Waals surface area contributed by atoms with Gasteiger partial charge in [0.15, 0.2) is 5.78 Å². The van der Waals surface area contributed by atoms with Gasteiger partial charge < -0.3 is 4.74 Å². The zero-order valence-electron chi connectivity index (χ0n) is 15.0. The first-order chi connectivity index (χ1) is 12.2. The molecule has 4 nitrogen and oxygen atoms in total. The van der Waals surface area contributed by atoms with Crippen molar-refractivity contribution in [2.45, 2.75) is 71.1 Å². The van der Waals surface area contributed by atoms with Crippen LogP contribution in [0.3, 0.4) is 0 Å². The molecule has 0 unspecified atom stereocenters. The van der Waals surface area contributed by atoms with Crippen LogP contribution in [-0.4, -0.2) is 18.0 Å². The molecule has 0 heterocycles. The Bertz CT molecular complexity index is 600. The van der Waals surface area contributed by atoms with Crippen molar-refractivity contribution in [3.05, 3.63) is 29.3 Å². The van der Waals surface area contributed by atoms with E-state index >= 15 is 0 Å². The van der Waals surface area contributed by atoms with Crippen molar-refractivity contribution in [2.75, 3.05) is 0 Å². The number of carbonyl (C=O) groups is 2. The predicted octanol–water partition coefficient (Wildman–Crippen LogP) is 4.78. The molecule has 0 amide bonds. The molecule has 0 atom stereocenters. The van der Waals surface area contributed by atoms with E-state index in [-0.39, 0.29) is 29.0 Å². The monoisotopic (exact) mass is 343 g/mol. The van der Waals surface area contributed by atoms with Gasteiger partial charge in [0.1, 0.15) is 5.75 Å². The highest BCUT2D eigenvalue weighted by atomic mass is 16.5. The number of esters is 1. The van der Waals surface area contributed by atoms with Gasteiger partial charge in [-0.3, -0.25) is 14.4 Å². The summed E-state index contributed by atoms with van der Waals surface area (Å²) in [6.07, 6.45) is 11.4. The quantitative estimate of drug-likeness (QED) is 0.265. The fraction of sp³-hybridized carbons (Fsp3) is 0.571. The fourth-order valence-corrected chi connectivity index (χ4v) is 3.26. The van der Waals surface area contributed by atoms with E-state index in [2.05, 4.69) is 6.92 Å². The van der Waals surface area contributed by atoms with Crippen molar-refractivity contribution < 1.29 is 19.1 Å². The largest absolute Gasteiger partial charge is 0.426 e. The maximum atomic E-state index is 12.3. The molecular weight excluding hydrogens is 316 g/mol. The minimum Gasteiger partial charge on any atom is -0.426 e. The Morgan fingerprint density at radius 1 is 1.12 bits per heavy atom. The highest BCUT2D eigenvalue weighted by Crippen LogP contribution is 2.28. The molecule has 1 aromatic rings. The summed E-state index contributed by atoms with van der Waals surface area (Å²) in [5, 5.41) is 0. The molecule has 25 heavy (non-hydrogen) atoms. The van der Waals surface area contributed by atoms with E-state index in [0.717, 1.165) is 44.9 Å². The van der Waals surface area contributed by atoms with Crippen LogP contribution in [-0.2, 0) is 9.59 Å². The number of Topliss-reactive ketones (excluding diaryl/α,β-unsaturated/α-hetero) is 1. The van der Waals surface area contributed by atoms with Crippen molar-refractivity contribution in [3.8, 4) is 5.75 Å². The second-order valence-electron chi connectivity index (χ2n) is 6.80. The van der Waals surface area contributed by atoms with Crippen LogP contribution in [0.4, 0.5) is 0 Å². The Labute approximate surface area is 149 Å². The Hall–Kier alpha value is -1.97. The van der Waals surface area contributed by atoms with Gasteiger partial charge in [-0.2, -0.15) is 0 Å². The molecule has 0 N–H and O–H groups in total. The minimum atomic E-state index is -0.288. The molecule has 0 spiro atoms. The van der Waals surface area contributed by atoms with Crippen molar-refractivity contribution in [1.29, 1.82) is 0 Å². The second-order valence-corrected chi connectivity index (χ2v) is 6.80. The highest BCUT2D eigenvalue weighted by molar-refractivity contribution is 5.98. The smallest absolute Gasteiger partial charge is 0.314 e. The molecule has 1 radical (unpaired) electrons. The lowest BCUT2D eigenvalue weighted by atomic mass is 10.0. The van der Waals surface area contributed by atoms with Gasteiger partial charge in [-0.25, -0.2) is 0 Å². The standard InChI is InChI=1S/C21H27O4/c1-2-3-4-5-6-11-19(23)17-12-13-20(18(14-17)15-22)25-21(24)16-9-7-8-10-16/h12-14,16H,2-11H2,1H3. The number of hydrogen-bond donors (Lipinski definition) is 0. The van der Waals surface area contributed by atoms with Crippen LogP contribution in [0.5, 0.6) is 5.75 Å². The summed E-state index contributed by atoms with van der Waals surface area (Å²) < 4.78 is 5.37. The molecule has 0 saturated heterocycles. The molecule has 0 aliphatic heterocycles. The van der Waals surface area contributed by atoms with E-state index in [4.69, 9.17) is 4.74 Å². The van der Waals surface area contributed by atoms with E-state index in [0.29, 0.717) is 12.0 Å². The number of carbonyl (C=O) groups excluding carboxylic acids is 3. The van der Waals surface area contributed by atoms with Crippen LogP contribution in [0.2, 0.25) is 0 Å². The zero-order chi connectivity index (χ0) is 18.1. The van der Waals surface area contributed by atoms with Crippen LogP contribution in [0.15, 0.2) is 18.2 Å². The zero-order valence-corrected chi connectivity index (χ0v) is 15.0. The van der Waals surface area contributed by atoms with Crippen LogP contribution in [0.25, 0.3) is 0 Å². The Kier molecular flexibility index (Phi) is 7.83. The van der Waals surface area contributed by atoms with Gasteiger partial charge in [-0.1, -0.05) is 45.4 Å². The average molecular weight is 343 g/mol. The van der Waals surface area contributed by atoms with Crippen LogP contribution >= 0.6 is 0 Å². The van der Waals surface area contributed by atoms with E-state index < -0.39 is 0 Å². The summed E-state index contributed by atoms with van der Waals surface area (Å²) in [6, 6.07) is 4.66. The van der Waals surface area contributed by atoms with Gasteiger partial charge >= 0.3 is 5.97 Å². The van der Waals surface area contributed by atoms with Gasteiger partial charge in [0.05, 0.1) is 11.5 Å². The Balaban J connectivity index is 1.94. The first-order valence-electron chi connectivity index (χ1n) is 9.42. The van der Waals surface area contributed by atoms with Crippen molar-refractivity contribution in [1.82, 2.24) is 0 Å². The molecular formula is C21H27O4. The number of benzene rings is 1. The van der Waals surface area contributed by atoms with Gasteiger partial charge in [-0.05, 0) is 37.5 Å². The number of ether oxygens (including phenoxy) is 1. The number of rotatable bonds is 10. The lowest BCUT2D eigenvalue weighted by Crippen LogP contribution is -2.18. The lowest BCUT2D eigenvalue weighted by Gasteiger charge is -2.11. The van der Waals surface area contributed by atoms with Crippen LogP contribution < -0.4 is 4.74 Å². The third-order valence-electron chi connectivity index (χ3n) is 4.82. The SMILES string of the molecule is CCCCCCCC(=O)c1ccc(OC(=O)C2CCCC2)c([C]=O)c1. The summed E-state index contributed by atoms with van der Waals surface area (Å²) in [7, 11) is 0. The second kappa shape index (κ2) is 10.1. The fourth-order valence-electron chi connectivity index (χ4n) is 3.26. The highest BCUT2D eigenvalue weighted by Gasteiger charge is 2.25. The molecule has 0 aromatic heterocycles. The van der Waals surface area contributed by atoms with Crippen molar-refractivity contribution in [3.63, 3.8) is 0 Å². The topological polar surface area (TPSA) is 60.4 Å². The van der Waals surface area contributed by atoms with Crippen LogP contribution in [0.1, 0.15) is 87.1 Å². The Morgan fingerprint density at radius 3 is 2.52 bits per heavy atom. The maximum Gasteiger partial charge on any atom is 0.314 e. The lowest BCUT2D eigenvalue weighted by molar-refractivity contribution is -0.138. The molecule has 1 aliphatic carbocycles. The van der Waals surface area contributed by atoms with Gasteiger partial charge in [0, 0.05) is 12.0 Å². The normalized spacial score (nSPS) is 14.4. The van der Waals surface area contributed by atoms with E-state index in [1.165, 1.54) is 25.0 Å². The van der Waals surface area contributed by atoms with Gasteiger partial charge in [0.2, 0.25) is 6.29 Å². The van der Waals surface area contributed by atoms with Crippen molar-refractivity contribution >= 4 is 18.0 Å². The van der Waals surface area contributed by atoms with Gasteiger partial charge in [-0.15, -0.1) is 0 Å². The molecule has 0 bridgehead atoms. The minimum absolute atomic E-state index is 0.0154. The predicted molar refractivity (Wildman–Crippen MR) is 96.5 cm³/mol. The van der Waals surface area contributed by atoms with Gasteiger partial charge in [0.25, 0.3) is 0 Å². The first-order valence-corrected chi connectivity index (χ1v) is 9.42. The number of hydrogen-bond acceptors (Lipinski definition) is 4. The molecule has 1 aromatic carbocycles. The maximum absolute atomic E-state index is 12.3. The molecule has 1 aliphatic rings. The third kappa shape index (κ3) is 5.80. The average Bonchev–Trinajstić information content (AvgIpc) is 3.16. The molecule has 1 fully saturated rings. The summed E-state index contributed by atoms with van der Waals surface area (Å²) in [5.41, 5.74) is 0.623. The summed E-state index contributed by atoms with van der Waals surface area (Å²) in [6.45, 7) is 2.16. The summed E-state index contributed by atoms with van der Waals surface area (Å²) >= 11 is 0. The summed E-state index contributed by atoms with van der Waals surface area (Å²) in [4.78, 5) is 35.6. The number of unbranched alkanes of at least 4 members (excludes halogenated alkanes) is 4. The molecule has 2 rings (SSSR count). The Morgan fingerprint density at radius 2 is 1.84 bits per heavy atom. The molecule has 1 saturated carbocycles. The van der Waals surface area contributed by atoms with E-state index in [9.17, 15) is 14.4 Å². The number of ketones is 1.